The van der Waals surface area contributed by atoms with Gasteiger partial charge in [-0.25, -0.2) is 13.1 Å². The molecule has 1 unspecified atom stereocenters. The van der Waals surface area contributed by atoms with E-state index in [1.807, 2.05) is 13.0 Å². The third-order valence-electron chi connectivity index (χ3n) is 3.59. The Labute approximate surface area is 137 Å². The van der Waals surface area contributed by atoms with Crippen LogP contribution in [0.3, 0.4) is 0 Å². The molecule has 0 saturated carbocycles. The molecule has 0 heterocycles. The number of nitrogens with one attached hydrogen (secondary N) is 1. The number of aryl methyl sites for hydroxylation is 2. The van der Waals surface area contributed by atoms with Crippen LogP contribution in [-0.2, 0) is 10.0 Å². The number of methoxy groups -OCH3 is 1. The predicted octanol–water partition coefficient (Wildman–Crippen LogP) is 2.32. The highest BCUT2D eigenvalue weighted by atomic mass is 32.2. The highest BCUT2D eigenvalue weighted by molar-refractivity contribution is 7.89. The topological polar surface area (TPSA) is 75.6 Å². The summed E-state index contributed by atoms with van der Waals surface area (Å²) < 4.78 is 32.2. The summed E-state index contributed by atoms with van der Waals surface area (Å²) in [7, 11) is -2.10. The molecule has 0 aliphatic heterocycles. The Hall–Kier alpha value is -1.89. The van der Waals surface area contributed by atoms with Crippen LogP contribution in [0.15, 0.2) is 47.4 Å². The van der Waals surface area contributed by atoms with Crippen LogP contribution in [-0.4, -0.2) is 27.2 Å². The van der Waals surface area contributed by atoms with Crippen LogP contribution in [0.1, 0.15) is 22.8 Å². The number of sulfonamides is 1. The molecule has 23 heavy (non-hydrogen) atoms. The first-order valence-electron chi connectivity index (χ1n) is 7.22. The van der Waals surface area contributed by atoms with E-state index in [0.29, 0.717) is 16.9 Å². The van der Waals surface area contributed by atoms with Crippen molar-refractivity contribution in [3.8, 4) is 5.75 Å². The predicted molar refractivity (Wildman–Crippen MR) is 89.1 cm³/mol. The molecule has 124 valence electrons. The van der Waals surface area contributed by atoms with Gasteiger partial charge in [0.2, 0.25) is 10.0 Å². The summed E-state index contributed by atoms with van der Waals surface area (Å²) in [5, 5.41) is 10.1. The average molecular weight is 335 g/mol. The van der Waals surface area contributed by atoms with E-state index in [1.54, 1.807) is 50.4 Å². The molecule has 5 nitrogen and oxygen atoms in total. The van der Waals surface area contributed by atoms with Crippen molar-refractivity contribution >= 4 is 10.0 Å². The van der Waals surface area contributed by atoms with Gasteiger partial charge in [0.15, 0.2) is 0 Å². The standard InChI is InChI=1S/C17H21NO4S/c1-12-4-9-17(13(2)10-12)23(20,21)18-11-16(19)14-5-7-15(22-3)8-6-14/h4-10,16,18-19H,11H2,1-3H3. The molecule has 2 aromatic rings. The van der Waals surface area contributed by atoms with Crippen LogP contribution in [0.4, 0.5) is 0 Å². The summed E-state index contributed by atoms with van der Waals surface area (Å²) in [6, 6.07) is 12.0. The highest BCUT2D eigenvalue weighted by Crippen LogP contribution is 2.19. The molecule has 0 spiro atoms. The van der Waals surface area contributed by atoms with E-state index >= 15 is 0 Å². The Morgan fingerprint density at radius 2 is 1.78 bits per heavy atom. The number of ether oxygens (including phenoxy) is 1. The van der Waals surface area contributed by atoms with Crippen LogP contribution in [0.5, 0.6) is 5.75 Å². The second-order valence-electron chi connectivity index (χ2n) is 5.41. The monoisotopic (exact) mass is 335 g/mol. The molecule has 0 radical (unpaired) electrons. The fraction of sp³-hybridized carbons (Fsp3) is 0.294. The van der Waals surface area contributed by atoms with Gasteiger partial charge in [-0.15, -0.1) is 0 Å². The van der Waals surface area contributed by atoms with E-state index in [9.17, 15) is 13.5 Å². The molecule has 1 atom stereocenters. The smallest absolute Gasteiger partial charge is 0.240 e. The molecule has 0 aliphatic rings. The lowest BCUT2D eigenvalue weighted by Gasteiger charge is -2.14. The van der Waals surface area contributed by atoms with Gasteiger partial charge in [0.05, 0.1) is 18.1 Å². The van der Waals surface area contributed by atoms with Crippen molar-refractivity contribution in [3.05, 3.63) is 59.2 Å². The molecular weight excluding hydrogens is 314 g/mol. The van der Waals surface area contributed by atoms with Crippen molar-refractivity contribution in [2.75, 3.05) is 13.7 Å². The first-order valence-corrected chi connectivity index (χ1v) is 8.71. The van der Waals surface area contributed by atoms with Crippen molar-refractivity contribution in [1.82, 2.24) is 4.72 Å². The molecular formula is C17H21NO4S. The molecule has 2 rings (SSSR count). The normalized spacial score (nSPS) is 12.9. The Kier molecular flexibility index (Phi) is 5.41. The summed E-state index contributed by atoms with van der Waals surface area (Å²) in [5.41, 5.74) is 2.30. The Bertz CT molecular complexity index is 770. The van der Waals surface area contributed by atoms with Gasteiger partial charge in [-0.05, 0) is 43.2 Å². The maximum atomic E-state index is 12.4. The Balaban J connectivity index is 2.08. The van der Waals surface area contributed by atoms with Crippen LogP contribution in [0.25, 0.3) is 0 Å². The molecule has 0 aromatic heterocycles. The van der Waals surface area contributed by atoms with E-state index in [2.05, 4.69) is 4.72 Å². The maximum absolute atomic E-state index is 12.4. The van der Waals surface area contributed by atoms with Gasteiger partial charge < -0.3 is 9.84 Å². The number of rotatable bonds is 6. The van der Waals surface area contributed by atoms with E-state index in [4.69, 9.17) is 4.74 Å². The van der Waals surface area contributed by atoms with Crippen molar-refractivity contribution < 1.29 is 18.3 Å². The molecule has 0 amide bonds. The number of aliphatic hydroxyl groups excluding tert-OH is 1. The molecule has 0 aliphatic carbocycles. The lowest BCUT2D eigenvalue weighted by atomic mass is 10.1. The van der Waals surface area contributed by atoms with Crippen molar-refractivity contribution in [1.29, 1.82) is 0 Å². The summed E-state index contributed by atoms with van der Waals surface area (Å²) in [5.74, 6) is 0.678. The molecule has 0 fully saturated rings. The van der Waals surface area contributed by atoms with Gasteiger partial charge in [-0.1, -0.05) is 29.8 Å². The Morgan fingerprint density at radius 3 is 2.35 bits per heavy atom. The van der Waals surface area contributed by atoms with Gasteiger partial charge in [-0.3, -0.25) is 0 Å². The zero-order valence-electron chi connectivity index (χ0n) is 13.4. The third-order valence-corrected chi connectivity index (χ3v) is 5.17. The van der Waals surface area contributed by atoms with Gasteiger partial charge in [0.1, 0.15) is 5.75 Å². The lowest BCUT2D eigenvalue weighted by Crippen LogP contribution is -2.29. The lowest BCUT2D eigenvalue weighted by molar-refractivity contribution is 0.182. The molecule has 0 saturated heterocycles. The van der Waals surface area contributed by atoms with Gasteiger partial charge >= 0.3 is 0 Å². The largest absolute Gasteiger partial charge is 0.497 e. The molecule has 0 bridgehead atoms. The molecule has 6 heteroatoms. The number of aliphatic hydroxyl groups is 1. The van der Waals surface area contributed by atoms with Crippen LogP contribution in [0, 0.1) is 13.8 Å². The van der Waals surface area contributed by atoms with E-state index in [-0.39, 0.29) is 11.4 Å². The van der Waals surface area contributed by atoms with Crippen LogP contribution < -0.4 is 9.46 Å². The Morgan fingerprint density at radius 1 is 1.13 bits per heavy atom. The van der Waals surface area contributed by atoms with Crippen molar-refractivity contribution in [2.45, 2.75) is 24.8 Å². The number of benzene rings is 2. The van der Waals surface area contributed by atoms with Crippen LogP contribution in [0.2, 0.25) is 0 Å². The molecule has 2 aromatic carbocycles. The zero-order chi connectivity index (χ0) is 17.0. The SMILES string of the molecule is COc1ccc(C(O)CNS(=O)(=O)c2ccc(C)cc2C)cc1. The van der Waals surface area contributed by atoms with Gasteiger partial charge in [-0.2, -0.15) is 0 Å². The summed E-state index contributed by atoms with van der Waals surface area (Å²) in [4.78, 5) is 0.227. The fourth-order valence-corrected chi connectivity index (χ4v) is 3.57. The second kappa shape index (κ2) is 7.12. The fourth-order valence-electron chi connectivity index (χ4n) is 2.31. The van der Waals surface area contributed by atoms with Crippen LogP contribution >= 0.6 is 0 Å². The van der Waals surface area contributed by atoms with Gasteiger partial charge in [0, 0.05) is 6.54 Å². The second-order valence-corrected chi connectivity index (χ2v) is 7.15. The third kappa shape index (κ3) is 4.31. The van der Waals surface area contributed by atoms with Crippen molar-refractivity contribution in [2.24, 2.45) is 0 Å². The maximum Gasteiger partial charge on any atom is 0.240 e. The van der Waals surface area contributed by atoms with Crippen molar-refractivity contribution in [3.63, 3.8) is 0 Å². The quantitative estimate of drug-likeness (QED) is 0.849. The van der Waals surface area contributed by atoms with E-state index in [1.165, 1.54) is 0 Å². The minimum atomic E-state index is -3.66. The summed E-state index contributed by atoms with van der Waals surface area (Å²) in [6.45, 7) is 3.56. The highest BCUT2D eigenvalue weighted by Gasteiger charge is 2.18. The molecule has 2 N–H and O–H groups in total. The minimum Gasteiger partial charge on any atom is -0.497 e. The average Bonchev–Trinajstić information content (AvgIpc) is 2.52. The van der Waals surface area contributed by atoms with Gasteiger partial charge in [0.25, 0.3) is 0 Å². The van der Waals surface area contributed by atoms with E-state index < -0.39 is 16.1 Å². The first kappa shape index (κ1) is 17.5. The summed E-state index contributed by atoms with van der Waals surface area (Å²) >= 11 is 0. The first-order chi connectivity index (χ1) is 10.8. The number of hydrogen-bond acceptors (Lipinski definition) is 4. The van der Waals surface area contributed by atoms with E-state index in [0.717, 1.165) is 5.56 Å². The summed E-state index contributed by atoms with van der Waals surface area (Å²) in [6.07, 6.45) is -0.929. The number of hydrogen-bond donors (Lipinski definition) is 2. The zero-order valence-corrected chi connectivity index (χ0v) is 14.2. The minimum absolute atomic E-state index is 0.0953.